The minimum atomic E-state index is 0.526. The van der Waals surface area contributed by atoms with Crippen LogP contribution in [0, 0.1) is 0 Å². The normalized spacial score (nSPS) is 26.2. The van der Waals surface area contributed by atoms with Crippen molar-refractivity contribution >= 4 is 17.7 Å². The maximum atomic E-state index is 4.08. The summed E-state index contributed by atoms with van der Waals surface area (Å²) < 4.78 is 0. The van der Waals surface area contributed by atoms with Gasteiger partial charge in [-0.15, -0.1) is 0 Å². The van der Waals surface area contributed by atoms with Crippen molar-refractivity contribution in [1.29, 1.82) is 0 Å². The van der Waals surface area contributed by atoms with Gasteiger partial charge in [-0.2, -0.15) is 11.8 Å². The van der Waals surface area contributed by atoms with Gasteiger partial charge in [-0.1, -0.05) is 6.42 Å². The molecule has 1 saturated carbocycles. The van der Waals surface area contributed by atoms with Gasteiger partial charge in [0.25, 0.3) is 0 Å². The summed E-state index contributed by atoms with van der Waals surface area (Å²) in [5, 5.41) is 4.16. The van der Waals surface area contributed by atoms with Gasteiger partial charge in [-0.25, -0.2) is 15.0 Å². The van der Waals surface area contributed by atoms with Crippen LogP contribution in [-0.2, 0) is 0 Å². The lowest BCUT2D eigenvalue weighted by atomic mass is 9.95. The van der Waals surface area contributed by atoms with Crippen LogP contribution in [0.15, 0.2) is 12.7 Å². The minimum absolute atomic E-state index is 0.526. The van der Waals surface area contributed by atoms with Gasteiger partial charge < -0.3 is 5.32 Å². The maximum Gasteiger partial charge on any atom is 0.225 e. The summed E-state index contributed by atoms with van der Waals surface area (Å²) in [5.41, 5.74) is 0. The third-order valence-electron chi connectivity index (χ3n) is 2.79. The molecule has 2 rings (SSSR count). The second-order valence-electron chi connectivity index (χ2n) is 3.83. The number of thioether (sulfide) groups is 1. The van der Waals surface area contributed by atoms with Crippen LogP contribution in [0.4, 0.5) is 5.95 Å². The Balaban J connectivity index is 1.89. The lowest BCUT2D eigenvalue weighted by Gasteiger charge is -2.28. The molecule has 82 valence electrons. The van der Waals surface area contributed by atoms with E-state index < -0.39 is 0 Å². The molecule has 1 aliphatic carbocycles. The van der Waals surface area contributed by atoms with E-state index in [-0.39, 0.29) is 0 Å². The number of anilines is 1. The number of aromatic nitrogens is 3. The van der Waals surface area contributed by atoms with Crippen LogP contribution in [0.25, 0.3) is 0 Å². The number of rotatable bonds is 3. The Morgan fingerprint density at radius 2 is 2.13 bits per heavy atom. The molecule has 1 aromatic heterocycles. The highest BCUT2D eigenvalue weighted by Crippen LogP contribution is 2.28. The molecular weight excluding hydrogens is 208 g/mol. The summed E-state index contributed by atoms with van der Waals surface area (Å²) in [4.78, 5) is 12.0. The van der Waals surface area contributed by atoms with E-state index in [1.807, 2.05) is 11.8 Å². The molecule has 0 spiro atoms. The third-order valence-corrected chi connectivity index (χ3v) is 3.88. The molecule has 0 aromatic carbocycles. The summed E-state index contributed by atoms with van der Waals surface area (Å²) in [5.74, 6) is 0.705. The summed E-state index contributed by atoms with van der Waals surface area (Å²) in [6, 6.07) is 0.526. The number of hydrogen-bond donors (Lipinski definition) is 1. The first-order valence-electron chi connectivity index (χ1n) is 5.30. The zero-order valence-electron chi connectivity index (χ0n) is 8.89. The van der Waals surface area contributed by atoms with Gasteiger partial charge in [0.15, 0.2) is 0 Å². The van der Waals surface area contributed by atoms with Gasteiger partial charge in [0.2, 0.25) is 5.95 Å². The van der Waals surface area contributed by atoms with E-state index in [0.29, 0.717) is 12.0 Å². The highest BCUT2D eigenvalue weighted by Gasteiger charge is 2.21. The second kappa shape index (κ2) is 5.30. The van der Waals surface area contributed by atoms with Gasteiger partial charge in [0, 0.05) is 11.3 Å². The van der Waals surface area contributed by atoms with Crippen LogP contribution in [0.5, 0.6) is 0 Å². The minimum Gasteiger partial charge on any atom is -0.351 e. The highest BCUT2D eigenvalue weighted by molar-refractivity contribution is 7.99. The third kappa shape index (κ3) is 3.06. The smallest absolute Gasteiger partial charge is 0.225 e. The van der Waals surface area contributed by atoms with Gasteiger partial charge in [-0.3, -0.25) is 0 Å². The van der Waals surface area contributed by atoms with E-state index in [9.17, 15) is 0 Å². The van der Waals surface area contributed by atoms with Crippen LogP contribution < -0.4 is 5.32 Å². The molecule has 0 saturated heterocycles. The molecule has 1 fully saturated rings. The van der Waals surface area contributed by atoms with Gasteiger partial charge in [0.1, 0.15) is 12.7 Å². The Bertz CT molecular complexity index is 293. The molecule has 1 heterocycles. The van der Waals surface area contributed by atoms with Crippen molar-refractivity contribution < 1.29 is 0 Å². The Morgan fingerprint density at radius 3 is 2.87 bits per heavy atom. The van der Waals surface area contributed by atoms with E-state index in [1.165, 1.54) is 38.3 Å². The zero-order chi connectivity index (χ0) is 10.5. The molecule has 4 nitrogen and oxygen atoms in total. The fraction of sp³-hybridized carbons (Fsp3) is 0.700. The molecule has 15 heavy (non-hydrogen) atoms. The molecule has 0 aliphatic heterocycles. The lowest BCUT2D eigenvalue weighted by Crippen LogP contribution is -2.29. The second-order valence-corrected chi connectivity index (χ2v) is 4.97. The first-order chi connectivity index (χ1) is 7.38. The fourth-order valence-electron chi connectivity index (χ4n) is 1.99. The Hall–Kier alpha value is -0.840. The molecule has 0 radical (unpaired) electrons. The van der Waals surface area contributed by atoms with E-state index in [4.69, 9.17) is 0 Å². The molecule has 2 atom stereocenters. The van der Waals surface area contributed by atoms with Crippen LogP contribution in [0.1, 0.15) is 25.7 Å². The predicted molar refractivity (Wildman–Crippen MR) is 63.0 cm³/mol. The van der Waals surface area contributed by atoms with E-state index in [0.717, 1.165) is 5.25 Å². The average Bonchev–Trinajstić information content (AvgIpc) is 2.31. The summed E-state index contributed by atoms with van der Waals surface area (Å²) in [6.07, 6.45) is 10.3. The van der Waals surface area contributed by atoms with Crippen molar-refractivity contribution in [1.82, 2.24) is 15.0 Å². The average molecular weight is 224 g/mol. The lowest BCUT2D eigenvalue weighted by molar-refractivity contribution is 0.471. The van der Waals surface area contributed by atoms with Crippen molar-refractivity contribution in [3.63, 3.8) is 0 Å². The van der Waals surface area contributed by atoms with Crippen LogP contribution in [-0.4, -0.2) is 32.5 Å². The van der Waals surface area contributed by atoms with E-state index in [2.05, 4.69) is 26.5 Å². The maximum absolute atomic E-state index is 4.08. The molecule has 5 heteroatoms. The topological polar surface area (TPSA) is 50.7 Å². The van der Waals surface area contributed by atoms with Crippen molar-refractivity contribution in [3.8, 4) is 0 Å². The van der Waals surface area contributed by atoms with Crippen LogP contribution in [0.2, 0.25) is 0 Å². The monoisotopic (exact) mass is 224 g/mol. The van der Waals surface area contributed by atoms with Crippen molar-refractivity contribution in [2.45, 2.75) is 37.0 Å². The van der Waals surface area contributed by atoms with Gasteiger partial charge >= 0.3 is 0 Å². The molecule has 1 aliphatic rings. The van der Waals surface area contributed by atoms with Gasteiger partial charge in [0.05, 0.1) is 0 Å². The largest absolute Gasteiger partial charge is 0.351 e. The standard InChI is InChI=1S/C10H16N4S/c1-15-9-4-2-3-8(5-9)14-10-12-6-11-7-13-10/h6-9H,2-5H2,1H3,(H,11,12,13,14). The summed E-state index contributed by atoms with van der Waals surface area (Å²) in [7, 11) is 0. The number of nitrogens with zero attached hydrogens (tertiary/aromatic N) is 3. The SMILES string of the molecule is CSC1CCCC(Nc2ncncn2)C1. The van der Waals surface area contributed by atoms with Crippen molar-refractivity contribution in [3.05, 3.63) is 12.7 Å². The molecular formula is C10H16N4S. The molecule has 1 N–H and O–H groups in total. The Morgan fingerprint density at radius 1 is 1.33 bits per heavy atom. The molecule has 1 aromatic rings. The van der Waals surface area contributed by atoms with Gasteiger partial charge in [-0.05, 0) is 25.5 Å². The van der Waals surface area contributed by atoms with E-state index >= 15 is 0 Å². The Kier molecular flexibility index (Phi) is 3.77. The Labute approximate surface area is 94.3 Å². The zero-order valence-corrected chi connectivity index (χ0v) is 9.70. The van der Waals surface area contributed by atoms with Crippen LogP contribution in [0.3, 0.4) is 0 Å². The molecule has 2 unspecified atom stereocenters. The summed E-state index contributed by atoms with van der Waals surface area (Å²) in [6.45, 7) is 0. The van der Waals surface area contributed by atoms with Crippen molar-refractivity contribution in [2.24, 2.45) is 0 Å². The number of hydrogen-bond acceptors (Lipinski definition) is 5. The van der Waals surface area contributed by atoms with Crippen LogP contribution >= 0.6 is 11.8 Å². The summed E-state index contributed by atoms with van der Waals surface area (Å²) >= 11 is 1.97. The number of nitrogens with one attached hydrogen (secondary N) is 1. The molecule has 0 amide bonds. The van der Waals surface area contributed by atoms with Crippen molar-refractivity contribution in [2.75, 3.05) is 11.6 Å². The van der Waals surface area contributed by atoms with E-state index in [1.54, 1.807) is 0 Å². The molecule has 0 bridgehead atoms. The fourth-order valence-corrected chi connectivity index (χ4v) is 2.81. The quantitative estimate of drug-likeness (QED) is 0.850. The predicted octanol–water partition coefficient (Wildman–Crippen LogP) is 1.96. The first-order valence-corrected chi connectivity index (χ1v) is 6.58. The first kappa shape index (κ1) is 10.7. The highest BCUT2D eigenvalue weighted by atomic mass is 32.2.